The standard InChI is InChI=1S/C27H25NO7/c1-32-22-15-18(16-23(33-2)27(22)34-3)13-14-25(30)35-17-24(29)28-21-12-8-7-11-20(21)26(31)19-9-5-4-6-10-19/h4-16H,17H2,1-3H3,(H,28,29)/b14-13+. The molecule has 0 unspecified atom stereocenters. The first-order chi connectivity index (χ1) is 17.0. The number of amides is 1. The maximum absolute atomic E-state index is 12.8. The van der Waals surface area contributed by atoms with Crippen LogP contribution in [0.2, 0.25) is 0 Å². The topological polar surface area (TPSA) is 100 Å². The van der Waals surface area contributed by atoms with Crippen molar-refractivity contribution < 1.29 is 33.3 Å². The summed E-state index contributed by atoms with van der Waals surface area (Å²) in [6.07, 6.45) is 2.68. The van der Waals surface area contributed by atoms with E-state index in [0.717, 1.165) is 0 Å². The number of para-hydroxylation sites is 1. The molecule has 0 fully saturated rings. The van der Waals surface area contributed by atoms with Gasteiger partial charge in [0.15, 0.2) is 23.9 Å². The first-order valence-electron chi connectivity index (χ1n) is 10.6. The Morgan fingerprint density at radius 1 is 0.829 bits per heavy atom. The van der Waals surface area contributed by atoms with Crippen molar-refractivity contribution in [2.75, 3.05) is 33.3 Å². The van der Waals surface area contributed by atoms with Crippen LogP contribution in [0.3, 0.4) is 0 Å². The van der Waals surface area contributed by atoms with Crippen molar-refractivity contribution in [2.24, 2.45) is 0 Å². The molecule has 0 aliphatic rings. The predicted molar refractivity (Wildman–Crippen MR) is 131 cm³/mol. The van der Waals surface area contributed by atoms with Crippen LogP contribution in [-0.2, 0) is 14.3 Å². The number of carbonyl (C=O) groups excluding carboxylic acids is 3. The summed E-state index contributed by atoms with van der Waals surface area (Å²) in [7, 11) is 4.47. The zero-order chi connectivity index (χ0) is 25.2. The Morgan fingerprint density at radius 2 is 1.46 bits per heavy atom. The molecule has 8 nitrogen and oxygen atoms in total. The van der Waals surface area contributed by atoms with Gasteiger partial charge in [0.2, 0.25) is 5.75 Å². The summed E-state index contributed by atoms with van der Waals surface area (Å²) in [5.41, 5.74) is 1.77. The van der Waals surface area contributed by atoms with Crippen molar-refractivity contribution >= 4 is 29.4 Å². The fourth-order valence-corrected chi connectivity index (χ4v) is 3.27. The lowest BCUT2D eigenvalue weighted by atomic mass is 10.0. The Balaban J connectivity index is 1.62. The molecule has 180 valence electrons. The lowest BCUT2D eigenvalue weighted by molar-refractivity contribution is -0.142. The molecule has 0 aliphatic heterocycles. The number of carbonyl (C=O) groups is 3. The van der Waals surface area contributed by atoms with Crippen molar-refractivity contribution in [3.8, 4) is 17.2 Å². The summed E-state index contributed by atoms with van der Waals surface area (Å²) in [4.78, 5) is 37.3. The van der Waals surface area contributed by atoms with Gasteiger partial charge in [-0.25, -0.2) is 4.79 Å². The van der Waals surface area contributed by atoms with E-state index in [1.807, 2.05) is 6.07 Å². The molecular formula is C27H25NO7. The monoisotopic (exact) mass is 475 g/mol. The van der Waals surface area contributed by atoms with Crippen LogP contribution in [0.5, 0.6) is 17.2 Å². The number of nitrogens with one attached hydrogen (secondary N) is 1. The maximum Gasteiger partial charge on any atom is 0.331 e. The maximum atomic E-state index is 12.8. The minimum atomic E-state index is -0.720. The van der Waals surface area contributed by atoms with Gasteiger partial charge in [0.1, 0.15) is 0 Å². The second-order valence-electron chi connectivity index (χ2n) is 7.19. The van der Waals surface area contributed by atoms with Crippen LogP contribution in [0.15, 0.2) is 72.8 Å². The fraction of sp³-hybridized carbons (Fsp3) is 0.148. The molecule has 8 heteroatoms. The average Bonchev–Trinajstić information content (AvgIpc) is 2.90. The van der Waals surface area contributed by atoms with E-state index in [4.69, 9.17) is 18.9 Å². The second kappa shape index (κ2) is 12.0. The molecule has 0 atom stereocenters. The Bertz CT molecular complexity index is 1210. The molecule has 1 amide bonds. The molecule has 0 heterocycles. The number of ether oxygens (including phenoxy) is 4. The SMILES string of the molecule is COc1cc(/C=C/C(=O)OCC(=O)Nc2ccccc2C(=O)c2ccccc2)cc(OC)c1OC. The Kier molecular flexibility index (Phi) is 8.61. The normalized spacial score (nSPS) is 10.5. The highest BCUT2D eigenvalue weighted by molar-refractivity contribution is 6.13. The van der Waals surface area contributed by atoms with E-state index in [9.17, 15) is 14.4 Å². The first-order valence-corrected chi connectivity index (χ1v) is 10.6. The van der Waals surface area contributed by atoms with Crippen LogP contribution < -0.4 is 19.5 Å². The molecule has 3 rings (SSSR count). The Hall–Kier alpha value is -4.59. The summed E-state index contributed by atoms with van der Waals surface area (Å²) in [5, 5.41) is 2.63. The van der Waals surface area contributed by atoms with Crippen LogP contribution in [0.1, 0.15) is 21.5 Å². The van der Waals surface area contributed by atoms with E-state index < -0.39 is 18.5 Å². The van der Waals surface area contributed by atoms with Crippen LogP contribution in [0, 0.1) is 0 Å². The van der Waals surface area contributed by atoms with Crippen molar-refractivity contribution in [3.05, 3.63) is 89.5 Å². The molecule has 0 aromatic heterocycles. The number of anilines is 1. The molecule has 0 spiro atoms. The third-order valence-electron chi connectivity index (χ3n) is 4.93. The first kappa shape index (κ1) is 25.0. The molecule has 0 saturated carbocycles. The highest BCUT2D eigenvalue weighted by atomic mass is 16.5. The number of methoxy groups -OCH3 is 3. The largest absolute Gasteiger partial charge is 0.493 e. The summed E-state index contributed by atoms with van der Waals surface area (Å²) >= 11 is 0. The van der Waals surface area contributed by atoms with Gasteiger partial charge in [0.05, 0.1) is 27.0 Å². The zero-order valence-electron chi connectivity index (χ0n) is 19.6. The van der Waals surface area contributed by atoms with E-state index in [0.29, 0.717) is 39.6 Å². The van der Waals surface area contributed by atoms with Crippen molar-refractivity contribution in [2.45, 2.75) is 0 Å². The molecule has 35 heavy (non-hydrogen) atoms. The second-order valence-corrected chi connectivity index (χ2v) is 7.19. The van der Waals surface area contributed by atoms with Crippen LogP contribution in [-0.4, -0.2) is 45.6 Å². The third kappa shape index (κ3) is 6.48. The van der Waals surface area contributed by atoms with E-state index in [1.54, 1.807) is 60.7 Å². The number of benzene rings is 3. The van der Waals surface area contributed by atoms with Gasteiger partial charge in [-0.3, -0.25) is 9.59 Å². The van der Waals surface area contributed by atoms with Gasteiger partial charge in [-0.15, -0.1) is 0 Å². The van der Waals surface area contributed by atoms with E-state index in [2.05, 4.69) is 5.32 Å². The molecule has 0 aliphatic carbocycles. The number of ketones is 1. The van der Waals surface area contributed by atoms with Crippen LogP contribution >= 0.6 is 0 Å². The van der Waals surface area contributed by atoms with E-state index in [-0.39, 0.29) is 5.78 Å². The predicted octanol–water partition coefficient (Wildman–Crippen LogP) is 4.14. The van der Waals surface area contributed by atoms with Gasteiger partial charge in [0.25, 0.3) is 5.91 Å². The van der Waals surface area contributed by atoms with Gasteiger partial charge in [0, 0.05) is 17.2 Å². The number of hydrogen-bond acceptors (Lipinski definition) is 7. The quantitative estimate of drug-likeness (QED) is 0.267. The molecular weight excluding hydrogens is 450 g/mol. The Labute approximate surface area is 203 Å². The summed E-state index contributed by atoms with van der Waals surface area (Å²) in [6.45, 7) is -0.522. The minimum absolute atomic E-state index is 0.230. The lowest BCUT2D eigenvalue weighted by Gasteiger charge is -2.12. The van der Waals surface area contributed by atoms with Gasteiger partial charge in [-0.1, -0.05) is 42.5 Å². The molecule has 0 radical (unpaired) electrons. The van der Waals surface area contributed by atoms with Gasteiger partial charge in [-0.2, -0.15) is 0 Å². The number of hydrogen-bond donors (Lipinski definition) is 1. The van der Waals surface area contributed by atoms with E-state index >= 15 is 0 Å². The number of esters is 1. The zero-order valence-corrected chi connectivity index (χ0v) is 19.6. The van der Waals surface area contributed by atoms with Gasteiger partial charge >= 0.3 is 5.97 Å². The average molecular weight is 475 g/mol. The third-order valence-corrected chi connectivity index (χ3v) is 4.93. The fourth-order valence-electron chi connectivity index (χ4n) is 3.27. The highest BCUT2D eigenvalue weighted by Gasteiger charge is 2.16. The lowest BCUT2D eigenvalue weighted by Crippen LogP contribution is -2.21. The smallest absolute Gasteiger partial charge is 0.331 e. The molecule has 3 aromatic carbocycles. The highest BCUT2D eigenvalue weighted by Crippen LogP contribution is 2.38. The van der Waals surface area contributed by atoms with Gasteiger partial charge < -0.3 is 24.3 Å². The van der Waals surface area contributed by atoms with Crippen LogP contribution in [0.25, 0.3) is 6.08 Å². The van der Waals surface area contributed by atoms with Crippen molar-refractivity contribution in [3.63, 3.8) is 0 Å². The molecule has 1 N–H and O–H groups in total. The van der Waals surface area contributed by atoms with Crippen LogP contribution in [0.4, 0.5) is 5.69 Å². The number of rotatable bonds is 10. The summed E-state index contributed by atoms with van der Waals surface area (Å²) in [5.74, 6) is -0.231. The van der Waals surface area contributed by atoms with Gasteiger partial charge in [-0.05, 0) is 35.9 Å². The van der Waals surface area contributed by atoms with Crippen molar-refractivity contribution in [1.29, 1.82) is 0 Å². The summed E-state index contributed by atoms with van der Waals surface area (Å²) in [6, 6.07) is 18.7. The molecule has 0 bridgehead atoms. The molecule has 3 aromatic rings. The Morgan fingerprint density at radius 3 is 2.09 bits per heavy atom. The summed E-state index contributed by atoms with van der Waals surface area (Å²) < 4.78 is 20.9. The van der Waals surface area contributed by atoms with Crippen molar-refractivity contribution in [1.82, 2.24) is 0 Å². The molecule has 0 saturated heterocycles. The minimum Gasteiger partial charge on any atom is -0.493 e. The van der Waals surface area contributed by atoms with E-state index in [1.165, 1.54) is 33.5 Å².